The summed E-state index contributed by atoms with van der Waals surface area (Å²) in [6.45, 7) is 36.2. The number of nitrogens with zero attached hydrogens (tertiary/aromatic N) is 1. The van der Waals surface area contributed by atoms with E-state index in [4.69, 9.17) is 23.7 Å². The van der Waals surface area contributed by atoms with Crippen LogP contribution in [0.3, 0.4) is 0 Å². The Bertz CT molecular complexity index is 2990. The molecule has 2 heterocycles. The molecule has 1 atom stereocenters. The fourth-order valence-corrected chi connectivity index (χ4v) is 10.3. The summed E-state index contributed by atoms with van der Waals surface area (Å²) in [5, 5.41) is 25.6. The van der Waals surface area contributed by atoms with Gasteiger partial charge in [0.25, 0.3) is 0 Å². The van der Waals surface area contributed by atoms with Crippen LogP contribution in [0.15, 0.2) is 101 Å². The first-order valence-electron chi connectivity index (χ1n) is 27.3. The Balaban J connectivity index is 1.49. The molecule has 1 aliphatic heterocycles. The molecule has 1 unspecified atom stereocenters. The van der Waals surface area contributed by atoms with Crippen molar-refractivity contribution in [2.24, 2.45) is 5.41 Å². The van der Waals surface area contributed by atoms with Gasteiger partial charge in [-0.25, -0.2) is 0 Å². The highest BCUT2D eigenvalue weighted by atomic mass is 16.6. The van der Waals surface area contributed by atoms with Crippen LogP contribution in [0.1, 0.15) is 176 Å². The summed E-state index contributed by atoms with van der Waals surface area (Å²) < 4.78 is 33.5. The quantitative estimate of drug-likeness (QED) is 0.172. The maximum absolute atomic E-state index is 12.8. The van der Waals surface area contributed by atoms with Crippen LogP contribution in [0, 0.1) is 5.41 Å². The van der Waals surface area contributed by atoms with Crippen molar-refractivity contribution >= 4 is 0 Å². The number of benzene rings is 4. The minimum absolute atomic E-state index is 0.217. The van der Waals surface area contributed by atoms with E-state index >= 15 is 0 Å². The summed E-state index contributed by atoms with van der Waals surface area (Å²) in [4.78, 5) is 4.69. The van der Waals surface area contributed by atoms with Crippen LogP contribution in [0.4, 0.5) is 0 Å². The molecule has 2 aliphatic carbocycles. The van der Waals surface area contributed by atoms with E-state index in [-0.39, 0.29) is 45.2 Å². The smallest absolute Gasteiger partial charge is 0.130 e. The van der Waals surface area contributed by atoms with Crippen LogP contribution >= 0.6 is 0 Å². The number of hydrogen-bond acceptors (Lipinski definition) is 8. The molecule has 0 fully saturated rings. The first-order chi connectivity index (χ1) is 35.1. The highest BCUT2D eigenvalue weighted by Gasteiger charge is 2.33. The van der Waals surface area contributed by atoms with Crippen LogP contribution in [-0.4, -0.2) is 60.9 Å². The Morgan fingerprint density at radius 3 is 1.45 bits per heavy atom. The Morgan fingerprint density at radius 1 is 0.520 bits per heavy atom. The largest absolute Gasteiger partial charge is 0.507 e. The van der Waals surface area contributed by atoms with Gasteiger partial charge >= 0.3 is 0 Å². The fraction of sp³-hybridized carbons (Fsp3) is 0.493. The SMILES string of the molecule is CC(C)(C)C1=C=C2Cc3cc(C(C)(C)C)cc(c3OCc3ccccn3)Cc3cc(C(C)(C)C)cc(c3O)Cc3cc(C(C)(C)C)cc(c3O)Cc3cc(C(C)(C)C)cc4c3OCCOCCOCCOC2C(=C1)C4. The van der Waals surface area contributed by atoms with Crippen molar-refractivity contribution < 1.29 is 33.9 Å². The lowest BCUT2D eigenvalue weighted by molar-refractivity contribution is 0.00143. The highest BCUT2D eigenvalue weighted by Crippen LogP contribution is 2.45. The predicted octanol–water partition coefficient (Wildman–Crippen LogP) is 14.4. The van der Waals surface area contributed by atoms with E-state index in [2.05, 4.69) is 169 Å². The number of hydrogen-bond donors (Lipinski definition) is 2. The van der Waals surface area contributed by atoms with E-state index in [0.717, 1.165) is 95.1 Å². The van der Waals surface area contributed by atoms with Gasteiger partial charge < -0.3 is 33.9 Å². The number of ether oxygens (including phenoxy) is 5. The van der Waals surface area contributed by atoms with Gasteiger partial charge in [-0.15, -0.1) is 5.73 Å². The molecule has 400 valence electrons. The van der Waals surface area contributed by atoms with Crippen molar-refractivity contribution in [3.05, 3.63) is 174 Å². The van der Waals surface area contributed by atoms with Gasteiger partial charge in [0, 0.05) is 43.9 Å². The molecular formula is C67H85NO7. The van der Waals surface area contributed by atoms with Crippen molar-refractivity contribution in [3.8, 4) is 23.0 Å². The van der Waals surface area contributed by atoms with E-state index in [9.17, 15) is 10.2 Å². The molecule has 0 spiro atoms. The minimum atomic E-state index is -0.461. The van der Waals surface area contributed by atoms with Crippen molar-refractivity contribution in [3.63, 3.8) is 0 Å². The lowest BCUT2D eigenvalue weighted by Gasteiger charge is -2.32. The molecule has 12 bridgehead atoms. The van der Waals surface area contributed by atoms with Gasteiger partial charge in [-0.1, -0.05) is 158 Å². The van der Waals surface area contributed by atoms with Crippen molar-refractivity contribution in [2.75, 3.05) is 39.6 Å². The van der Waals surface area contributed by atoms with E-state index in [0.29, 0.717) is 71.7 Å². The number of pyridine rings is 1. The van der Waals surface area contributed by atoms with Gasteiger partial charge in [0.05, 0.1) is 38.7 Å². The second kappa shape index (κ2) is 21.8. The maximum Gasteiger partial charge on any atom is 0.130 e. The van der Waals surface area contributed by atoms with Crippen LogP contribution in [0.5, 0.6) is 23.0 Å². The van der Waals surface area contributed by atoms with Crippen LogP contribution < -0.4 is 9.47 Å². The molecule has 4 aromatic carbocycles. The van der Waals surface area contributed by atoms with Gasteiger partial charge in [-0.05, 0) is 123 Å². The number of fused-ring (bicyclic) bond motifs is 6. The molecule has 1 aromatic heterocycles. The van der Waals surface area contributed by atoms with Crippen LogP contribution in [-0.2, 0) is 74.6 Å². The molecule has 2 N–H and O–H groups in total. The van der Waals surface area contributed by atoms with Crippen molar-refractivity contribution in [1.29, 1.82) is 0 Å². The summed E-state index contributed by atoms with van der Waals surface area (Å²) in [7, 11) is 0. The van der Waals surface area contributed by atoms with Gasteiger partial charge in [0.2, 0.25) is 0 Å². The van der Waals surface area contributed by atoms with Crippen molar-refractivity contribution in [1.82, 2.24) is 4.98 Å². The highest BCUT2D eigenvalue weighted by molar-refractivity contribution is 5.59. The summed E-state index contributed by atoms with van der Waals surface area (Å²) in [5.41, 5.74) is 18.4. The average Bonchev–Trinajstić information content (AvgIpc) is 3.31. The molecule has 75 heavy (non-hydrogen) atoms. The Labute approximate surface area is 449 Å². The standard InChI is InChI=1S/C67H85NO7/c1-63(2,3)52-31-42-26-43-32-53(64(4,5)6)34-45(59(43)70)28-47-36-55(66(10,11)12)40-51(62(47)75-41-57-18-16-17-19-68-57)30-50-39-56(67(13,14)15)38-49-29-48-37-54(65(7,8)9)35-46(27-44(33-52)58(42)69)60(48)73-24-22-71-20-21-72-23-25-74-61(49)50/h16-19,31-38,40,61,69-70H,20-30,41H2,1-15H3. The van der Waals surface area contributed by atoms with Gasteiger partial charge in [-0.2, -0.15) is 0 Å². The first kappa shape index (κ1) is 55.6. The van der Waals surface area contributed by atoms with Crippen LogP contribution in [0.25, 0.3) is 0 Å². The number of aromatic nitrogens is 1. The number of aromatic hydroxyl groups is 2. The third-order valence-electron chi connectivity index (χ3n) is 14.9. The summed E-state index contributed by atoms with van der Waals surface area (Å²) >= 11 is 0. The monoisotopic (exact) mass is 1020 g/mol. The molecule has 8 heteroatoms. The number of phenols is 2. The maximum atomic E-state index is 12.8. The van der Waals surface area contributed by atoms with Gasteiger partial charge in [0.15, 0.2) is 0 Å². The molecule has 0 radical (unpaired) electrons. The number of phenolic OH excluding ortho intramolecular Hbond substituents is 2. The number of rotatable bonds is 3. The zero-order chi connectivity index (χ0) is 54.3. The summed E-state index contributed by atoms with van der Waals surface area (Å²) in [6, 6.07) is 23.7. The zero-order valence-electron chi connectivity index (χ0n) is 48.0. The minimum Gasteiger partial charge on any atom is -0.507 e. The molecule has 0 saturated heterocycles. The third-order valence-corrected chi connectivity index (χ3v) is 14.9. The lowest BCUT2D eigenvalue weighted by atomic mass is 9.77. The van der Waals surface area contributed by atoms with Crippen molar-refractivity contribution in [2.45, 2.75) is 170 Å². The molecule has 8 rings (SSSR count). The van der Waals surface area contributed by atoms with E-state index < -0.39 is 6.10 Å². The third kappa shape index (κ3) is 13.3. The molecule has 0 saturated carbocycles. The number of allylic oxidation sites excluding steroid dienone is 1. The van der Waals surface area contributed by atoms with Crippen LogP contribution in [0.2, 0.25) is 0 Å². The normalized spacial score (nSPS) is 17.5. The first-order valence-corrected chi connectivity index (χ1v) is 27.3. The van der Waals surface area contributed by atoms with Gasteiger partial charge in [-0.3, -0.25) is 4.98 Å². The predicted molar refractivity (Wildman–Crippen MR) is 303 cm³/mol. The average molecular weight is 1020 g/mol. The molecule has 5 aromatic rings. The van der Waals surface area contributed by atoms with E-state index in [1.165, 1.54) is 5.56 Å². The Kier molecular flexibility index (Phi) is 16.1. The Hall–Kier alpha value is -5.63. The van der Waals surface area contributed by atoms with E-state index in [1.807, 2.05) is 18.2 Å². The van der Waals surface area contributed by atoms with E-state index in [1.54, 1.807) is 6.20 Å². The van der Waals surface area contributed by atoms with Gasteiger partial charge in [0.1, 0.15) is 42.3 Å². The summed E-state index contributed by atoms with van der Waals surface area (Å²) in [5.74, 6) is 1.99. The fourth-order valence-electron chi connectivity index (χ4n) is 10.3. The zero-order valence-corrected chi connectivity index (χ0v) is 48.0. The molecule has 8 nitrogen and oxygen atoms in total. The second-order valence-corrected chi connectivity index (χ2v) is 26.4. The molecular weight excluding hydrogens is 931 g/mol. The topological polar surface area (TPSA) is 99.5 Å². The second-order valence-electron chi connectivity index (χ2n) is 26.4. The molecule has 0 amide bonds. The molecule has 3 aliphatic rings. The summed E-state index contributed by atoms with van der Waals surface area (Å²) in [6.07, 6.45) is 5.84. The Morgan fingerprint density at radius 2 is 0.960 bits per heavy atom. The lowest BCUT2D eigenvalue weighted by Crippen LogP contribution is -2.27.